The van der Waals surface area contributed by atoms with E-state index in [1.54, 1.807) is 19.2 Å². The van der Waals surface area contributed by atoms with Crippen LogP contribution in [-0.2, 0) is 11.2 Å². The molecule has 2 saturated heterocycles. The molecular formula is C23H29F3N4O3S. The Hall–Kier alpha value is -2.40. The fourth-order valence-corrected chi connectivity index (χ4v) is 5.44. The molecule has 3 heterocycles. The van der Waals surface area contributed by atoms with Gasteiger partial charge >= 0.3 is 12.4 Å². The lowest BCUT2D eigenvalue weighted by atomic mass is 9.83. The first-order valence-electron chi connectivity index (χ1n) is 11.3. The number of halogens is 3. The number of urea groups is 1. The summed E-state index contributed by atoms with van der Waals surface area (Å²) in [7, 11) is 1.65. The van der Waals surface area contributed by atoms with Crippen LogP contribution in [0.25, 0.3) is 0 Å². The number of H-pyrrole nitrogens is 1. The number of benzene rings is 1. The fourth-order valence-electron chi connectivity index (χ4n) is 4.54. The van der Waals surface area contributed by atoms with Crippen molar-refractivity contribution >= 4 is 17.8 Å². The Balaban J connectivity index is 1.54. The number of likely N-dealkylation sites (tertiary alicyclic amines) is 1. The maximum absolute atomic E-state index is 13.3. The summed E-state index contributed by atoms with van der Waals surface area (Å²) >= 11 is 1.84. The summed E-state index contributed by atoms with van der Waals surface area (Å²) in [5, 5.41) is 7.56. The normalized spacial score (nSPS) is 21.5. The molecule has 2 aliphatic rings. The molecule has 2 atom stereocenters. The van der Waals surface area contributed by atoms with Crippen LogP contribution in [0, 0.1) is 0 Å². The molecule has 186 valence electrons. The summed E-state index contributed by atoms with van der Waals surface area (Å²) in [6, 6.07) is 8.01. The quantitative estimate of drug-likeness (QED) is 0.645. The van der Waals surface area contributed by atoms with Gasteiger partial charge in [-0.25, -0.2) is 4.79 Å². The number of nitrogens with one attached hydrogen (secondary N) is 1. The van der Waals surface area contributed by atoms with Crippen molar-refractivity contribution in [3.05, 3.63) is 47.3 Å². The second-order valence-corrected chi connectivity index (χ2v) is 9.82. The van der Waals surface area contributed by atoms with Gasteiger partial charge in [0.25, 0.3) is 0 Å². The molecular weight excluding hydrogens is 469 g/mol. The smallest absolute Gasteiger partial charge is 0.406 e. The first kappa shape index (κ1) is 24.7. The van der Waals surface area contributed by atoms with E-state index in [1.807, 2.05) is 27.6 Å². The number of hydrogen-bond acceptors (Lipinski definition) is 5. The number of alkyl halides is 3. The van der Waals surface area contributed by atoms with Gasteiger partial charge in [0.05, 0.1) is 12.3 Å². The number of hydrogen-bond donors (Lipinski definition) is 1. The van der Waals surface area contributed by atoms with E-state index in [9.17, 15) is 18.0 Å². The van der Waals surface area contributed by atoms with Crippen LogP contribution in [0.15, 0.2) is 30.3 Å². The number of aromatic amines is 1. The SMILES string of the molecule is COCCc1cc(C2CC(c3ccc(OC(F)(F)F)cc3)CN(C(=O)N3CCSCC3)C2)n[nH]1. The zero-order chi connectivity index (χ0) is 24.1. The number of carbonyl (C=O) groups is 1. The molecule has 34 heavy (non-hydrogen) atoms. The molecule has 1 N–H and O–H groups in total. The highest BCUT2D eigenvalue weighted by molar-refractivity contribution is 7.99. The van der Waals surface area contributed by atoms with Gasteiger partial charge in [-0.1, -0.05) is 12.1 Å². The molecule has 2 aliphatic heterocycles. The van der Waals surface area contributed by atoms with Crippen LogP contribution in [0.1, 0.15) is 35.2 Å². The number of ether oxygens (including phenoxy) is 2. The summed E-state index contributed by atoms with van der Waals surface area (Å²) in [4.78, 5) is 17.1. The second-order valence-electron chi connectivity index (χ2n) is 8.59. The number of aromatic nitrogens is 2. The van der Waals surface area contributed by atoms with Gasteiger partial charge in [0, 0.05) is 68.7 Å². The highest BCUT2D eigenvalue weighted by Crippen LogP contribution is 2.37. The van der Waals surface area contributed by atoms with E-state index in [1.165, 1.54) is 12.1 Å². The van der Waals surface area contributed by atoms with Crippen molar-refractivity contribution in [2.24, 2.45) is 0 Å². The van der Waals surface area contributed by atoms with Gasteiger partial charge in [0.1, 0.15) is 5.75 Å². The summed E-state index contributed by atoms with van der Waals surface area (Å²) in [5.41, 5.74) is 2.74. The van der Waals surface area contributed by atoms with Crippen LogP contribution < -0.4 is 4.74 Å². The van der Waals surface area contributed by atoms with Crippen molar-refractivity contribution in [1.82, 2.24) is 20.0 Å². The predicted molar refractivity (Wildman–Crippen MR) is 123 cm³/mol. The Kier molecular flexibility index (Phi) is 7.92. The zero-order valence-electron chi connectivity index (χ0n) is 19.0. The lowest BCUT2D eigenvalue weighted by Crippen LogP contribution is -2.51. The highest BCUT2D eigenvalue weighted by atomic mass is 32.2. The van der Waals surface area contributed by atoms with Crippen LogP contribution in [-0.4, -0.2) is 83.8 Å². The Morgan fingerprint density at radius 1 is 1.15 bits per heavy atom. The number of thioether (sulfide) groups is 1. The Morgan fingerprint density at radius 3 is 2.53 bits per heavy atom. The predicted octanol–water partition coefficient (Wildman–Crippen LogP) is 4.24. The minimum Gasteiger partial charge on any atom is -0.406 e. The van der Waals surface area contributed by atoms with Crippen molar-refractivity contribution in [3.8, 4) is 5.75 Å². The Morgan fingerprint density at radius 2 is 1.85 bits per heavy atom. The Bertz CT molecular complexity index is 948. The molecule has 2 fully saturated rings. The topological polar surface area (TPSA) is 70.7 Å². The number of rotatable bonds is 6. The first-order chi connectivity index (χ1) is 16.3. The summed E-state index contributed by atoms with van der Waals surface area (Å²) in [5.74, 6) is 1.59. The second kappa shape index (κ2) is 10.9. The molecule has 0 radical (unpaired) electrons. The van der Waals surface area contributed by atoms with Crippen molar-refractivity contribution in [2.75, 3.05) is 51.4 Å². The van der Waals surface area contributed by atoms with Crippen molar-refractivity contribution in [1.29, 1.82) is 0 Å². The minimum absolute atomic E-state index is 0.0144. The molecule has 1 aromatic carbocycles. The third kappa shape index (κ3) is 6.38. The molecule has 0 spiro atoms. The Labute approximate surface area is 201 Å². The standard InChI is InChI=1S/C23H29F3N4O3S/c1-32-9-6-19-13-21(28-27-19)18-12-17(16-2-4-20(5-3-16)33-23(24,25)26)14-30(15-18)22(31)29-7-10-34-11-8-29/h2-5,13,17-18H,6-12,14-15H2,1H3,(H,27,28). The fraction of sp³-hybridized carbons (Fsp3) is 0.565. The number of carbonyl (C=O) groups excluding carboxylic acids is 1. The van der Waals surface area contributed by atoms with E-state index in [0.717, 1.165) is 48.0 Å². The van der Waals surface area contributed by atoms with Crippen molar-refractivity contribution in [2.45, 2.75) is 31.0 Å². The van der Waals surface area contributed by atoms with Crippen LogP contribution in [0.3, 0.4) is 0 Å². The minimum atomic E-state index is -4.73. The average Bonchev–Trinajstić information content (AvgIpc) is 3.31. The third-order valence-corrected chi connectivity index (χ3v) is 7.17. The molecule has 0 saturated carbocycles. The van der Waals surface area contributed by atoms with Gasteiger partial charge in [-0.05, 0) is 30.2 Å². The summed E-state index contributed by atoms with van der Waals surface area (Å²) in [6.07, 6.45) is -3.27. The zero-order valence-corrected chi connectivity index (χ0v) is 19.8. The molecule has 1 aromatic heterocycles. The molecule has 7 nitrogen and oxygen atoms in total. The number of piperidine rings is 1. The molecule has 11 heteroatoms. The van der Waals surface area contributed by atoms with Crippen molar-refractivity contribution in [3.63, 3.8) is 0 Å². The van der Waals surface area contributed by atoms with E-state index in [4.69, 9.17) is 4.74 Å². The molecule has 2 unspecified atom stereocenters. The summed E-state index contributed by atoms with van der Waals surface area (Å²) < 4.78 is 46.8. The highest BCUT2D eigenvalue weighted by Gasteiger charge is 2.35. The van der Waals surface area contributed by atoms with Crippen LogP contribution in [0.5, 0.6) is 5.75 Å². The van der Waals surface area contributed by atoms with Crippen LogP contribution in [0.4, 0.5) is 18.0 Å². The lowest BCUT2D eigenvalue weighted by molar-refractivity contribution is -0.274. The van der Waals surface area contributed by atoms with Crippen molar-refractivity contribution < 1.29 is 27.4 Å². The van der Waals surface area contributed by atoms with Crippen LogP contribution >= 0.6 is 11.8 Å². The molecule has 4 rings (SSSR count). The largest absolute Gasteiger partial charge is 0.573 e. The summed E-state index contributed by atoms with van der Waals surface area (Å²) in [6.45, 7) is 3.10. The third-order valence-electron chi connectivity index (χ3n) is 6.23. The monoisotopic (exact) mass is 498 g/mol. The first-order valence-corrected chi connectivity index (χ1v) is 12.5. The maximum Gasteiger partial charge on any atom is 0.573 e. The van der Waals surface area contributed by atoms with Gasteiger partial charge in [-0.2, -0.15) is 16.9 Å². The van der Waals surface area contributed by atoms with E-state index >= 15 is 0 Å². The van der Waals surface area contributed by atoms with Gasteiger partial charge in [0.15, 0.2) is 0 Å². The number of methoxy groups -OCH3 is 1. The lowest BCUT2D eigenvalue weighted by Gasteiger charge is -2.40. The van der Waals surface area contributed by atoms with E-state index in [-0.39, 0.29) is 23.6 Å². The van der Waals surface area contributed by atoms with E-state index in [2.05, 4.69) is 14.9 Å². The molecule has 2 aromatic rings. The average molecular weight is 499 g/mol. The van der Waals surface area contributed by atoms with Gasteiger partial charge < -0.3 is 19.3 Å². The van der Waals surface area contributed by atoms with Crippen LogP contribution in [0.2, 0.25) is 0 Å². The number of nitrogens with zero attached hydrogens (tertiary/aromatic N) is 3. The molecule has 0 aliphatic carbocycles. The van der Waals surface area contributed by atoms with Gasteiger partial charge in [0.2, 0.25) is 0 Å². The maximum atomic E-state index is 13.3. The molecule has 2 amide bonds. The number of amides is 2. The molecule has 0 bridgehead atoms. The van der Waals surface area contributed by atoms with E-state index in [0.29, 0.717) is 26.1 Å². The van der Waals surface area contributed by atoms with Gasteiger partial charge in [-0.3, -0.25) is 5.10 Å². The van der Waals surface area contributed by atoms with Gasteiger partial charge in [-0.15, -0.1) is 13.2 Å². The van der Waals surface area contributed by atoms with E-state index < -0.39 is 6.36 Å².